The molecule has 7 nitrogen and oxygen atoms in total. The molecule has 0 spiro atoms. The topological polar surface area (TPSA) is 85.8 Å². The summed E-state index contributed by atoms with van der Waals surface area (Å²) < 4.78 is 7.13. The Bertz CT molecular complexity index is 1080. The van der Waals surface area contributed by atoms with E-state index < -0.39 is 0 Å². The van der Waals surface area contributed by atoms with E-state index in [0.717, 1.165) is 11.3 Å². The van der Waals surface area contributed by atoms with E-state index in [1.807, 2.05) is 24.3 Å². The zero-order valence-electron chi connectivity index (χ0n) is 14.5. The van der Waals surface area contributed by atoms with E-state index in [1.54, 1.807) is 41.7 Å². The van der Waals surface area contributed by atoms with Crippen molar-refractivity contribution < 1.29 is 9.21 Å². The van der Waals surface area contributed by atoms with Crippen LogP contribution in [0.2, 0.25) is 0 Å². The molecule has 4 aromatic heterocycles. The van der Waals surface area contributed by atoms with E-state index in [2.05, 4.69) is 22.0 Å². The number of nitrogens with one attached hydrogen (secondary N) is 1. The molecule has 0 aromatic carbocycles. The fourth-order valence-electron chi connectivity index (χ4n) is 2.82. The van der Waals surface area contributed by atoms with E-state index in [4.69, 9.17) is 9.40 Å². The molecule has 0 aliphatic rings. The lowest BCUT2D eigenvalue weighted by atomic mass is 10.1. The van der Waals surface area contributed by atoms with Gasteiger partial charge in [0, 0.05) is 24.5 Å². The first-order valence-corrected chi connectivity index (χ1v) is 8.44. The minimum atomic E-state index is -0.204. The van der Waals surface area contributed by atoms with Crippen LogP contribution >= 0.6 is 0 Å². The number of fused-ring (bicyclic) bond motifs is 1. The molecule has 0 fully saturated rings. The third kappa shape index (κ3) is 3.35. The van der Waals surface area contributed by atoms with Crippen molar-refractivity contribution in [2.45, 2.75) is 6.54 Å². The molecule has 7 heteroatoms. The average Bonchev–Trinajstić information content (AvgIpc) is 3.36. The second-order valence-corrected chi connectivity index (χ2v) is 5.91. The lowest BCUT2D eigenvalue weighted by molar-refractivity contribution is 0.0959. The summed E-state index contributed by atoms with van der Waals surface area (Å²) in [5, 5.41) is 7.90. The SMILES string of the molecule is C=CCNC(=O)c1cc(-c2cccnc2)nc2c1cnn2Cc1ccco1. The minimum Gasteiger partial charge on any atom is -0.467 e. The fraction of sp³-hybridized carbons (Fsp3) is 0.100. The van der Waals surface area contributed by atoms with E-state index in [1.165, 1.54) is 0 Å². The molecular formula is C20H17N5O2. The zero-order chi connectivity index (χ0) is 18.6. The van der Waals surface area contributed by atoms with E-state index in [-0.39, 0.29) is 5.91 Å². The summed E-state index contributed by atoms with van der Waals surface area (Å²) in [4.78, 5) is 21.5. The Morgan fingerprint density at radius 3 is 2.96 bits per heavy atom. The number of hydrogen-bond acceptors (Lipinski definition) is 5. The van der Waals surface area contributed by atoms with Crippen LogP contribution in [0.25, 0.3) is 22.3 Å². The average molecular weight is 359 g/mol. The van der Waals surface area contributed by atoms with Crippen LogP contribution in [0.15, 0.2) is 72.3 Å². The number of carbonyl (C=O) groups excluding carboxylic acids is 1. The third-order valence-electron chi connectivity index (χ3n) is 4.10. The van der Waals surface area contributed by atoms with Gasteiger partial charge in [-0.05, 0) is 30.3 Å². The number of aromatic nitrogens is 4. The van der Waals surface area contributed by atoms with Gasteiger partial charge in [0.25, 0.3) is 5.91 Å². The van der Waals surface area contributed by atoms with Gasteiger partial charge in [-0.3, -0.25) is 9.78 Å². The quantitative estimate of drug-likeness (QED) is 0.535. The highest BCUT2D eigenvalue weighted by atomic mass is 16.3. The molecule has 0 aliphatic carbocycles. The summed E-state index contributed by atoms with van der Waals surface area (Å²) in [6.07, 6.45) is 8.32. The summed E-state index contributed by atoms with van der Waals surface area (Å²) in [6, 6.07) is 9.19. The largest absolute Gasteiger partial charge is 0.467 e. The van der Waals surface area contributed by atoms with Gasteiger partial charge in [-0.1, -0.05) is 6.08 Å². The van der Waals surface area contributed by atoms with Gasteiger partial charge in [-0.15, -0.1) is 6.58 Å². The minimum absolute atomic E-state index is 0.204. The molecule has 0 radical (unpaired) electrons. The summed E-state index contributed by atoms with van der Waals surface area (Å²) in [6.45, 7) is 4.44. The number of furan rings is 1. The Labute approximate surface area is 155 Å². The van der Waals surface area contributed by atoms with Gasteiger partial charge in [0.1, 0.15) is 12.3 Å². The Balaban J connectivity index is 1.85. The molecule has 4 rings (SSSR count). The highest BCUT2D eigenvalue weighted by molar-refractivity contribution is 6.06. The second kappa shape index (κ2) is 7.25. The van der Waals surface area contributed by atoms with Crippen molar-refractivity contribution in [3.63, 3.8) is 0 Å². The lowest BCUT2D eigenvalue weighted by Crippen LogP contribution is -2.23. The molecule has 0 atom stereocenters. The lowest BCUT2D eigenvalue weighted by Gasteiger charge is -2.08. The number of pyridine rings is 2. The van der Waals surface area contributed by atoms with Crippen molar-refractivity contribution in [3.8, 4) is 11.3 Å². The van der Waals surface area contributed by atoms with Crippen LogP contribution in [0.5, 0.6) is 0 Å². The van der Waals surface area contributed by atoms with Gasteiger partial charge >= 0.3 is 0 Å². The molecule has 134 valence electrons. The van der Waals surface area contributed by atoms with Gasteiger partial charge in [-0.2, -0.15) is 5.10 Å². The molecule has 0 bridgehead atoms. The van der Waals surface area contributed by atoms with Crippen LogP contribution in [0.4, 0.5) is 0 Å². The van der Waals surface area contributed by atoms with E-state index in [9.17, 15) is 4.79 Å². The first-order valence-electron chi connectivity index (χ1n) is 8.44. The third-order valence-corrected chi connectivity index (χ3v) is 4.10. The summed E-state index contributed by atoms with van der Waals surface area (Å²) >= 11 is 0. The normalized spacial score (nSPS) is 10.8. The summed E-state index contributed by atoms with van der Waals surface area (Å²) in [5.74, 6) is 0.552. The van der Waals surface area contributed by atoms with Gasteiger partial charge in [0.2, 0.25) is 0 Å². The van der Waals surface area contributed by atoms with Crippen molar-refractivity contribution in [2.24, 2.45) is 0 Å². The maximum atomic E-state index is 12.7. The van der Waals surface area contributed by atoms with Crippen LogP contribution in [0.3, 0.4) is 0 Å². The van der Waals surface area contributed by atoms with Crippen LogP contribution in [0, 0.1) is 0 Å². The maximum Gasteiger partial charge on any atom is 0.252 e. The smallest absolute Gasteiger partial charge is 0.252 e. The van der Waals surface area contributed by atoms with Crippen molar-refractivity contribution in [3.05, 3.63) is 79.2 Å². The monoisotopic (exact) mass is 359 g/mol. The number of hydrogen-bond donors (Lipinski definition) is 1. The molecule has 0 unspecified atom stereocenters. The van der Waals surface area contributed by atoms with Crippen molar-refractivity contribution in [2.75, 3.05) is 6.54 Å². The molecule has 4 heterocycles. The van der Waals surface area contributed by atoms with Crippen LogP contribution in [0.1, 0.15) is 16.1 Å². The van der Waals surface area contributed by atoms with E-state index >= 15 is 0 Å². The predicted octanol–water partition coefficient (Wildman–Crippen LogP) is 3.05. The van der Waals surface area contributed by atoms with Gasteiger partial charge in [-0.25, -0.2) is 9.67 Å². The number of amides is 1. The number of nitrogens with zero attached hydrogens (tertiary/aromatic N) is 4. The number of rotatable bonds is 6. The molecular weight excluding hydrogens is 342 g/mol. The standard InChI is InChI=1S/C20H17N5O2/c1-2-7-22-20(26)16-10-18(14-5-3-8-21-11-14)24-19-17(16)12-23-25(19)13-15-6-4-9-27-15/h2-6,8-12H,1,7,13H2,(H,22,26). The van der Waals surface area contributed by atoms with Gasteiger partial charge in [0.05, 0.1) is 29.1 Å². The fourth-order valence-corrected chi connectivity index (χ4v) is 2.82. The second-order valence-electron chi connectivity index (χ2n) is 5.91. The first-order chi connectivity index (χ1) is 13.3. The molecule has 4 aromatic rings. The predicted molar refractivity (Wildman–Crippen MR) is 101 cm³/mol. The van der Waals surface area contributed by atoms with E-state index in [0.29, 0.717) is 35.4 Å². The van der Waals surface area contributed by atoms with Crippen molar-refractivity contribution in [1.82, 2.24) is 25.1 Å². The summed E-state index contributed by atoms with van der Waals surface area (Å²) in [7, 11) is 0. The molecule has 1 amide bonds. The summed E-state index contributed by atoms with van der Waals surface area (Å²) in [5.41, 5.74) is 2.59. The molecule has 27 heavy (non-hydrogen) atoms. The highest BCUT2D eigenvalue weighted by Gasteiger charge is 2.17. The molecule has 1 N–H and O–H groups in total. The Hall–Kier alpha value is -3.74. The zero-order valence-corrected chi connectivity index (χ0v) is 14.5. The maximum absolute atomic E-state index is 12.7. The first kappa shape index (κ1) is 16.7. The van der Waals surface area contributed by atoms with Crippen LogP contribution in [-0.2, 0) is 6.54 Å². The van der Waals surface area contributed by atoms with Crippen molar-refractivity contribution >= 4 is 16.9 Å². The van der Waals surface area contributed by atoms with Crippen LogP contribution in [-0.4, -0.2) is 32.2 Å². The highest BCUT2D eigenvalue weighted by Crippen LogP contribution is 2.25. The number of carbonyl (C=O) groups is 1. The Morgan fingerprint density at radius 2 is 2.22 bits per heavy atom. The Morgan fingerprint density at radius 1 is 1.30 bits per heavy atom. The Kier molecular flexibility index (Phi) is 4.49. The molecule has 0 saturated carbocycles. The molecule has 0 aliphatic heterocycles. The van der Waals surface area contributed by atoms with Crippen LogP contribution < -0.4 is 5.32 Å². The molecule has 0 saturated heterocycles. The van der Waals surface area contributed by atoms with Crippen molar-refractivity contribution in [1.29, 1.82) is 0 Å². The van der Waals surface area contributed by atoms with Gasteiger partial charge in [0.15, 0.2) is 5.65 Å². The van der Waals surface area contributed by atoms with Gasteiger partial charge < -0.3 is 9.73 Å².